The molecule has 1 aliphatic heterocycles. The molecule has 2 aromatic carbocycles. The summed E-state index contributed by atoms with van der Waals surface area (Å²) in [5.41, 5.74) is 1.30. The van der Waals surface area contributed by atoms with Crippen molar-refractivity contribution in [2.45, 2.75) is 12.4 Å². The Labute approximate surface area is 153 Å². The summed E-state index contributed by atoms with van der Waals surface area (Å²) in [6, 6.07) is 9.39. The van der Waals surface area contributed by atoms with Crippen molar-refractivity contribution in [3.8, 4) is 5.75 Å². The van der Waals surface area contributed by atoms with Crippen molar-refractivity contribution in [3.63, 3.8) is 0 Å². The van der Waals surface area contributed by atoms with Crippen molar-refractivity contribution in [1.29, 1.82) is 0 Å². The van der Waals surface area contributed by atoms with Crippen LogP contribution in [0.15, 0.2) is 42.5 Å². The summed E-state index contributed by atoms with van der Waals surface area (Å²) in [5, 5.41) is 3.65. The molecule has 0 saturated carbocycles. The molecule has 1 aliphatic rings. The molecule has 1 N–H and O–H groups in total. The van der Waals surface area contributed by atoms with Gasteiger partial charge in [-0.1, -0.05) is 23.7 Å². The maximum Gasteiger partial charge on any atom is 0.573 e. The van der Waals surface area contributed by atoms with E-state index in [0.717, 1.165) is 13.1 Å². The third-order valence-electron chi connectivity index (χ3n) is 4.20. The lowest BCUT2D eigenvalue weighted by atomic mass is 9.96. The second kappa shape index (κ2) is 7.82. The average Bonchev–Trinajstić information content (AvgIpc) is 2.59. The van der Waals surface area contributed by atoms with Crippen LogP contribution in [0.3, 0.4) is 0 Å². The third-order valence-corrected chi connectivity index (χ3v) is 4.54. The van der Waals surface area contributed by atoms with E-state index in [9.17, 15) is 17.6 Å². The van der Waals surface area contributed by atoms with Gasteiger partial charge in [-0.3, -0.25) is 4.90 Å². The molecule has 0 aliphatic carbocycles. The minimum Gasteiger partial charge on any atom is -0.406 e. The van der Waals surface area contributed by atoms with Crippen LogP contribution < -0.4 is 10.1 Å². The van der Waals surface area contributed by atoms with Gasteiger partial charge < -0.3 is 10.1 Å². The van der Waals surface area contributed by atoms with E-state index >= 15 is 0 Å². The van der Waals surface area contributed by atoms with Gasteiger partial charge in [-0.2, -0.15) is 0 Å². The number of rotatable bonds is 4. The summed E-state index contributed by atoms with van der Waals surface area (Å²) >= 11 is 6.30. The van der Waals surface area contributed by atoms with Gasteiger partial charge in [0.25, 0.3) is 0 Å². The first-order chi connectivity index (χ1) is 12.3. The first kappa shape index (κ1) is 18.9. The Morgan fingerprint density at radius 3 is 2.31 bits per heavy atom. The fourth-order valence-corrected chi connectivity index (χ4v) is 3.32. The van der Waals surface area contributed by atoms with Crippen molar-refractivity contribution in [2.24, 2.45) is 0 Å². The van der Waals surface area contributed by atoms with Crippen molar-refractivity contribution in [1.82, 2.24) is 10.2 Å². The molecule has 3 nitrogen and oxygen atoms in total. The van der Waals surface area contributed by atoms with Gasteiger partial charge >= 0.3 is 6.36 Å². The highest BCUT2D eigenvalue weighted by molar-refractivity contribution is 6.31. The van der Waals surface area contributed by atoms with Gasteiger partial charge in [0.15, 0.2) is 0 Å². The number of hydrogen-bond donors (Lipinski definition) is 1. The molecule has 0 aromatic heterocycles. The van der Waals surface area contributed by atoms with E-state index in [1.54, 1.807) is 12.1 Å². The first-order valence-electron chi connectivity index (χ1n) is 8.09. The van der Waals surface area contributed by atoms with E-state index in [1.165, 1.54) is 30.3 Å². The van der Waals surface area contributed by atoms with E-state index in [0.29, 0.717) is 29.2 Å². The van der Waals surface area contributed by atoms with Crippen LogP contribution in [-0.4, -0.2) is 37.4 Å². The molecular weight excluding hydrogens is 372 g/mol. The average molecular weight is 389 g/mol. The lowest BCUT2D eigenvalue weighted by molar-refractivity contribution is -0.274. The van der Waals surface area contributed by atoms with Crippen molar-refractivity contribution < 1.29 is 22.3 Å². The van der Waals surface area contributed by atoms with Gasteiger partial charge in [0.1, 0.15) is 11.6 Å². The number of piperazine rings is 1. The van der Waals surface area contributed by atoms with Crippen LogP contribution in [0.25, 0.3) is 0 Å². The quantitative estimate of drug-likeness (QED) is 0.787. The Hall–Kier alpha value is -1.83. The number of benzene rings is 2. The summed E-state index contributed by atoms with van der Waals surface area (Å²) < 4.78 is 54.8. The van der Waals surface area contributed by atoms with E-state index in [4.69, 9.17) is 11.6 Å². The number of nitrogens with zero attached hydrogens (tertiary/aromatic N) is 1. The van der Waals surface area contributed by atoms with Crippen molar-refractivity contribution in [2.75, 3.05) is 26.2 Å². The molecular formula is C18H17ClF4N2O. The molecule has 0 amide bonds. The number of nitrogens with one attached hydrogen (secondary N) is 1. The molecule has 0 radical (unpaired) electrons. The standard InChI is InChI=1S/C18H17ClF4N2O/c19-16-6-3-13(20)11-15(16)17(25-9-7-24-8-10-25)12-1-4-14(5-2-12)26-18(21,22)23/h1-6,11,17,24H,7-10H2/t17-/m1/s1. The number of hydrogen-bond acceptors (Lipinski definition) is 3. The topological polar surface area (TPSA) is 24.5 Å². The molecule has 2 aromatic rings. The second-order valence-corrected chi connectivity index (χ2v) is 6.38. The zero-order chi connectivity index (χ0) is 18.7. The number of ether oxygens (including phenoxy) is 1. The monoisotopic (exact) mass is 388 g/mol. The lowest BCUT2D eigenvalue weighted by Crippen LogP contribution is -2.45. The molecule has 1 heterocycles. The van der Waals surface area contributed by atoms with Gasteiger partial charge in [-0.05, 0) is 41.5 Å². The van der Waals surface area contributed by atoms with Crippen molar-refractivity contribution >= 4 is 11.6 Å². The van der Waals surface area contributed by atoms with E-state index in [2.05, 4.69) is 15.0 Å². The van der Waals surface area contributed by atoms with Crippen LogP contribution in [-0.2, 0) is 0 Å². The van der Waals surface area contributed by atoms with Crippen LogP contribution in [0.5, 0.6) is 5.75 Å². The highest BCUT2D eigenvalue weighted by Gasteiger charge is 2.31. The number of halogens is 5. The molecule has 0 spiro atoms. The highest BCUT2D eigenvalue weighted by atomic mass is 35.5. The summed E-state index contributed by atoms with van der Waals surface area (Å²) in [6.07, 6.45) is -4.74. The molecule has 26 heavy (non-hydrogen) atoms. The minimum absolute atomic E-state index is 0.300. The van der Waals surface area contributed by atoms with Gasteiger partial charge in [0, 0.05) is 31.2 Å². The zero-order valence-corrected chi connectivity index (χ0v) is 14.4. The van der Waals surface area contributed by atoms with Gasteiger partial charge in [-0.25, -0.2) is 4.39 Å². The SMILES string of the molecule is Fc1ccc(Cl)c([C@@H](c2ccc(OC(F)(F)F)cc2)N2CCNCC2)c1. The zero-order valence-electron chi connectivity index (χ0n) is 13.7. The Bertz CT molecular complexity index is 746. The van der Waals surface area contributed by atoms with Gasteiger partial charge in [-0.15, -0.1) is 13.2 Å². The fraction of sp³-hybridized carbons (Fsp3) is 0.333. The summed E-state index contributed by atoms with van der Waals surface area (Å²) in [7, 11) is 0. The predicted octanol–water partition coefficient (Wildman–Crippen LogP) is 4.37. The second-order valence-electron chi connectivity index (χ2n) is 5.97. The normalized spacial score (nSPS) is 17.1. The predicted molar refractivity (Wildman–Crippen MR) is 90.8 cm³/mol. The van der Waals surface area contributed by atoms with E-state index in [1.807, 2.05) is 0 Å². The maximum absolute atomic E-state index is 13.8. The molecule has 1 atom stereocenters. The van der Waals surface area contributed by atoms with Crippen LogP contribution in [0.4, 0.5) is 17.6 Å². The Morgan fingerprint density at radius 1 is 1.04 bits per heavy atom. The molecule has 0 bridgehead atoms. The van der Waals surface area contributed by atoms with Crippen LogP contribution in [0.2, 0.25) is 5.02 Å². The van der Waals surface area contributed by atoms with E-state index in [-0.39, 0.29) is 11.8 Å². The summed E-state index contributed by atoms with van der Waals surface area (Å²) in [5.74, 6) is -0.716. The molecule has 3 rings (SSSR count). The van der Waals surface area contributed by atoms with Crippen molar-refractivity contribution in [3.05, 3.63) is 64.4 Å². The summed E-state index contributed by atoms with van der Waals surface area (Å²) in [6.45, 7) is 2.94. The van der Waals surface area contributed by atoms with Gasteiger partial charge in [0.05, 0.1) is 6.04 Å². The Kier molecular flexibility index (Phi) is 5.70. The maximum atomic E-state index is 13.8. The van der Waals surface area contributed by atoms with Crippen LogP contribution in [0, 0.1) is 5.82 Å². The summed E-state index contributed by atoms with van der Waals surface area (Å²) in [4.78, 5) is 2.12. The fourth-order valence-electron chi connectivity index (χ4n) is 3.10. The van der Waals surface area contributed by atoms with Gasteiger partial charge in [0.2, 0.25) is 0 Å². The van der Waals surface area contributed by atoms with E-state index < -0.39 is 12.2 Å². The molecule has 8 heteroatoms. The molecule has 0 unspecified atom stereocenters. The Balaban J connectivity index is 1.96. The smallest absolute Gasteiger partial charge is 0.406 e. The highest BCUT2D eigenvalue weighted by Crippen LogP contribution is 2.35. The molecule has 140 valence electrons. The lowest BCUT2D eigenvalue weighted by Gasteiger charge is -2.36. The third kappa shape index (κ3) is 4.66. The molecule has 1 fully saturated rings. The Morgan fingerprint density at radius 2 is 1.69 bits per heavy atom. The first-order valence-corrected chi connectivity index (χ1v) is 8.47. The minimum atomic E-state index is -4.74. The number of alkyl halides is 3. The molecule has 1 saturated heterocycles. The largest absolute Gasteiger partial charge is 0.573 e. The van der Waals surface area contributed by atoms with Crippen LogP contribution >= 0.6 is 11.6 Å². The van der Waals surface area contributed by atoms with Crippen LogP contribution in [0.1, 0.15) is 17.2 Å².